The zero-order valence-electron chi connectivity index (χ0n) is 14.0. The van der Waals surface area contributed by atoms with Crippen LogP contribution in [-0.2, 0) is 23.7 Å². The molecule has 5 N–H and O–H groups in total. The lowest BCUT2D eigenvalue weighted by Crippen LogP contribution is -2.60. The molecule has 10 atom stereocenters. The van der Waals surface area contributed by atoms with E-state index >= 15 is 0 Å². The summed E-state index contributed by atoms with van der Waals surface area (Å²) in [5, 5.41) is 50.2. The van der Waals surface area contributed by atoms with Crippen LogP contribution in [0, 0.1) is 11.8 Å². The molecule has 1 aliphatic carbocycles. The van der Waals surface area contributed by atoms with Gasteiger partial charge in [0.1, 0.15) is 48.8 Å². The molecule has 26 heavy (non-hydrogen) atoms. The number of aliphatic hydroxyl groups is 5. The van der Waals surface area contributed by atoms with E-state index in [-0.39, 0.29) is 12.2 Å². The fraction of sp³-hybridized carbons (Fsp3) is 0.812. The molecule has 0 amide bonds. The Morgan fingerprint density at radius 2 is 2.00 bits per heavy atom. The minimum atomic E-state index is -1.59. The zero-order chi connectivity index (χ0) is 18.8. The highest BCUT2D eigenvalue weighted by atomic mass is 16.7. The second-order valence-electron chi connectivity index (χ2n) is 7.31. The number of hydrogen-bond acceptors (Lipinski definition) is 10. The highest BCUT2D eigenvalue weighted by Crippen LogP contribution is 2.53. The minimum Gasteiger partial charge on any atom is -0.498 e. The Labute approximate surface area is 148 Å². The van der Waals surface area contributed by atoms with Gasteiger partial charge in [0.15, 0.2) is 6.29 Å². The number of carbonyl (C=O) groups is 1. The lowest BCUT2D eigenvalue weighted by Gasteiger charge is -2.41. The molecule has 0 radical (unpaired) electrons. The van der Waals surface area contributed by atoms with Crippen molar-refractivity contribution in [1.82, 2.24) is 0 Å². The number of esters is 1. The molecule has 4 rings (SSSR count). The fourth-order valence-electron chi connectivity index (χ4n) is 4.36. The first-order valence-electron chi connectivity index (χ1n) is 8.50. The van der Waals surface area contributed by atoms with Crippen molar-refractivity contribution in [3.8, 4) is 0 Å². The van der Waals surface area contributed by atoms with E-state index in [0.29, 0.717) is 0 Å². The Morgan fingerprint density at radius 3 is 2.69 bits per heavy atom. The molecule has 0 spiro atoms. The summed E-state index contributed by atoms with van der Waals surface area (Å²) < 4.78 is 21.7. The van der Waals surface area contributed by atoms with Gasteiger partial charge in [0.05, 0.1) is 24.4 Å². The normalized spacial score (nSPS) is 52.9. The molecule has 10 heteroatoms. The van der Waals surface area contributed by atoms with Crippen LogP contribution in [-0.4, -0.2) is 93.2 Å². The van der Waals surface area contributed by atoms with Crippen molar-refractivity contribution in [3.63, 3.8) is 0 Å². The van der Waals surface area contributed by atoms with Crippen LogP contribution in [0.15, 0.2) is 11.8 Å². The van der Waals surface area contributed by atoms with E-state index in [9.17, 15) is 30.3 Å². The van der Waals surface area contributed by atoms with E-state index in [1.54, 1.807) is 6.92 Å². The zero-order valence-corrected chi connectivity index (χ0v) is 14.0. The quantitative estimate of drug-likeness (QED) is 0.323. The van der Waals surface area contributed by atoms with E-state index in [1.807, 2.05) is 0 Å². The second-order valence-corrected chi connectivity index (χ2v) is 7.31. The van der Waals surface area contributed by atoms with Gasteiger partial charge in [0.25, 0.3) is 0 Å². The van der Waals surface area contributed by atoms with Crippen LogP contribution in [0.25, 0.3) is 0 Å². The third kappa shape index (κ3) is 2.34. The predicted octanol–water partition coefficient (Wildman–Crippen LogP) is -2.99. The standard InChI is InChI=1S/C16H22O10/c1-5-12(26-15-11(20)10(19)9(18)7(2-17)24-15)13-8-6(14(21)25-13)3-23-4-16(5,8)22/h3,5,7-13,15,17-20,22H,2,4H2,1H3/t5-,7+,8-,9+,10-,11+,12-,13+,15-,16-/m0/s1. The van der Waals surface area contributed by atoms with Gasteiger partial charge in [0.2, 0.25) is 0 Å². The number of hydrogen-bond donors (Lipinski definition) is 5. The van der Waals surface area contributed by atoms with E-state index in [4.69, 9.17) is 18.9 Å². The molecular weight excluding hydrogens is 352 g/mol. The molecule has 0 aromatic rings. The predicted molar refractivity (Wildman–Crippen MR) is 80.2 cm³/mol. The van der Waals surface area contributed by atoms with Crippen molar-refractivity contribution in [3.05, 3.63) is 11.8 Å². The summed E-state index contributed by atoms with van der Waals surface area (Å²) in [4.78, 5) is 12.0. The first-order valence-corrected chi connectivity index (χ1v) is 8.50. The number of ether oxygens (including phenoxy) is 4. The van der Waals surface area contributed by atoms with Gasteiger partial charge >= 0.3 is 5.97 Å². The summed E-state index contributed by atoms with van der Waals surface area (Å²) in [6, 6.07) is 0. The van der Waals surface area contributed by atoms with Crippen LogP contribution in [0.1, 0.15) is 6.92 Å². The summed E-state index contributed by atoms with van der Waals surface area (Å²) in [6.45, 7) is 1.08. The molecule has 2 saturated heterocycles. The second kappa shape index (κ2) is 6.13. The topological polar surface area (TPSA) is 155 Å². The van der Waals surface area contributed by atoms with Gasteiger partial charge in [0, 0.05) is 5.92 Å². The summed E-state index contributed by atoms with van der Waals surface area (Å²) in [5.74, 6) is -1.78. The third-order valence-corrected chi connectivity index (χ3v) is 5.95. The maximum atomic E-state index is 12.0. The number of carbonyl (C=O) groups excluding carboxylic acids is 1. The minimum absolute atomic E-state index is 0.0377. The molecule has 3 fully saturated rings. The molecule has 0 aromatic heterocycles. The molecule has 3 heterocycles. The number of rotatable bonds is 3. The Bertz CT molecular complexity index is 620. The van der Waals surface area contributed by atoms with Crippen LogP contribution in [0.3, 0.4) is 0 Å². The van der Waals surface area contributed by atoms with Crippen LogP contribution < -0.4 is 0 Å². The highest BCUT2D eigenvalue weighted by molar-refractivity contribution is 5.92. The molecular formula is C16H22O10. The van der Waals surface area contributed by atoms with Gasteiger partial charge in [-0.1, -0.05) is 6.92 Å². The molecule has 0 aromatic carbocycles. The molecule has 10 nitrogen and oxygen atoms in total. The number of aliphatic hydroxyl groups excluding tert-OH is 4. The van der Waals surface area contributed by atoms with Gasteiger partial charge in [-0.3, -0.25) is 0 Å². The average Bonchev–Trinajstić information content (AvgIpc) is 3.06. The highest BCUT2D eigenvalue weighted by Gasteiger charge is 2.68. The van der Waals surface area contributed by atoms with E-state index < -0.39 is 72.9 Å². The average molecular weight is 374 g/mol. The molecule has 0 unspecified atom stereocenters. The first-order chi connectivity index (χ1) is 12.3. The van der Waals surface area contributed by atoms with Gasteiger partial charge in [-0.15, -0.1) is 0 Å². The maximum Gasteiger partial charge on any atom is 0.338 e. The molecule has 4 aliphatic rings. The van der Waals surface area contributed by atoms with Gasteiger partial charge in [-0.05, 0) is 0 Å². The van der Waals surface area contributed by atoms with Crippen LogP contribution in [0.4, 0.5) is 0 Å². The largest absolute Gasteiger partial charge is 0.498 e. The van der Waals surface area contributed by atoms with Gasteiger partial charge in [-0.25, -0.2) is 4.79 Å². The molecule has 146 valence electrons. The first kappa shape index (κ1) is 18.1. The van der Waals surface area contributed by atoms with Crippen molar-refractivity contribution in [1.29, 1.82) is 0 Å². The van der Waals surface area contributed by atoms with Crippen molar-refractivity contribution in [2.75, 3.05) is 13.2 Å². The van der Waals surface area contributed by atoms with E-state index in [1.165, 1.54) is 6.26 Å². The van der Waals surface area contributed by atoms with E-state index in [2.05, 4.69) is 0 Å². The molecule has 1 saturated carbocycles. The lowest BCUT2D eigenvalue weighted by atomic mass is 9.81. The summed E-state index contributed by atoms with van der Waals surface area (Å²) >= 11 is 0. The Hall–Kier alpha value is -1.27. The SMILES string of the molecule is C[C@H]1[C@H](O[C@@H]2O[C@H](CO)[C@@H](O)[C@H](O)[C@H]2O)[C@@H]2OC(=O)C3=COC[C@@]1(O)[C@@H]32. The lowest BCUT2D eigenvalue weighted by molar-refractivity contribution is -0.319. The van der Waals surface area contributed by atoms with Crippen LogP contribution >= 0.6 is 0 Å². The van der Waals surface area contributed by atoms with Crippen molar-refractivity contribution in [2.45, 2.75) is 55.4 Å². The maximum absolute atomic E-state index is 12.0. The van der Waals surface area contributed by atoms with Crippen molar-refractivity contribution >= 4 is 5.97 Å². The monoisotopic (exact) mass is 374 g/mol. The summed E-state index contributed by atoms with van der Waals surface area (Å²) in [7, 11) is 0. The van der Waals surface area contributed by atoms with Crippen molar-refractivity contribution in [2.24, 2.45) is 11.8 Å². The Kier molecular flexibility index (Phi) is 4.27. The van der Waals surface area contributed by atoms with Crippen LogP contribution in [0.5, 0.6) is 0 Å². The fourth-order valence-corrected chi connectivity index (χ4v) is 4.36. The van der Waals surface area contributed by atoms with Crippen molar-refractivity contribution < 1.29 is 49.3 Å². The Morgan fingerprint density at radius 1 is 1.27 bits per heavy atom. The van der Waals surface area contributed by atoms with Gasteiger partial charge in [-0.2, -0.15) is 0 Å². The van der Waals surface area contributed by atoms with Gasteiger partial charge < -0.3 is 44.5 Å². The third-order valence-electron chi connectivity index (χ3n) is 5.95. The summed E-state index contributed by atoms with van der Waals surface area (Å²) in [5.41, 5.74) is -1.16. The molecule has 3 aliphatic heterocycles. The van der Waals surface area contributed by atoms with Crippen LogP contribution in [0.2, 0.25) is 0 Å². The molecule has 0 bridgehead atoms. The smallest absolute Gasteiger partial charge is 0.338 e. The summed E-state index contributed by atoms with van der Waals surface area (Å²) in [6.07, 6.45) is -7.54. The van der Waals surface area contributed by atoms with E-state index in [0.717, 1.165) is 0 Å². The Balaban J connectivity index is 1.59.